The molecule has 0 saturated carbocycles. The van der Waals surface area contributed by atoms with Gasteiger partial charge in [-0.25, -0.2) is 0 Å². The van der Waals surface area contributed by atoms with Crippen molar-refractivity contribution in [2.75, 3.05) is 6.54 Å². The summed E-state index contributed by atoms with van der Waals surface area (Å²) < 4.78 is 0. The molecule has 166 valence electrons. The molecule has 31 heavy (non-hydrogen) atoms. The van der Waals surface area contributed by atoms with Crippen molar-refractivity contribution in [3.05, 3.63) is 36.0 Å². The summed E-state index contributed by atoms with van der Waals surface area (Å²) in [4.78, 5) is 52.3. The molecule has 4 N–H and O–H groups in total. The number of aromatic amines is 1. The first kappa shape index (κ1) is 22.5. The van der Waals surface area contributed by atoms with E-state index in [1.807, 2.05) is 45.0 Å². The second kappa shape index (κ2) is 9.32. The van der Waals surface area contributed by atoms with Gasteiger partial charge in [-0.3, -0.25) is 14.4 Å². The van der Waals surface area contributed by atoms with E-state index in [0.29, 0.717) is 31.4 Å². The quantitative estimate of drug-likeness (QED) is 0.482. The minimum Gasteiger partial charge on any atom is -0.356 e. The van der Waals surface area contributed by atoms with Crippen molar-refractivity contribution < 1.29 is 19.2 Å². The van der Waals surface area contributed by atoms with E-state index < -0.39 is 23.9 Å². The minimum atomic E-state index is -0.821. The molecule has 8 heteroatoms. The molecule has 1 aromatic carbocycles. The van der Waals surface area contributed by atoms with Gasteiger partial charge in [0.1, 0.15) is 18.0 Å². The van der Waals surface area contributed by atoms with Gasteiger partial charge in [-0.05, 0) is 36.8 Å². The van der Waals surface area contributed by atoms with E-state index in [-0.39, 0.29) is 23.7 Å². The molecule has 0 aliphatic carbocycles. The third kappa shape index (κ3) is 5.93. The topological polar surface area (TPSA) is 120 Å². The van der Waals surface area contributed by atoms with Crippen LogP contribution in [-0.2, 0) is 14.4 Å². The molecule has 1 fully saturated rings. The van der Waals surface area contributed by atoms with Crippen molar-refractivity contribution in [1.82, 2.24) is 20.9 Å². The Bertz CT molecular complexity index is 942. The number of aldehydes is 1. The zero-order valence-corrected chi connectivity index (χ0v) is 18.2. The molecule has 8 nitrogen and oxygen atoms in total. The average molecular weight is 427 g/mol. The molecule has 1 aliphatic rings. The number of carbonyl (C=O) groups is 4. The highest BCUT2D eigenvalue weighted by atomic mass is 16.2. The Labute approximate surface area is 181 Å². The molecular weight excluding hydrogens is 396 g/mol. The number of H-pyrrole nitrogens is 1. The molecule has 3 atom stereocenters. The van der Waals surface area contributed by atoms with Gasteiger partial charge in [-0.15, -0.1) is 0 Å². The maximum atomic E-state index is 13.0. The van der Waals surface area contributed by atoms with Crippen LogP contribution in [0.15, 0.2) is 30.3 Å². The number of rotatable bonds is 8. The first-order valence-electron chi connectivity index (χ1n) is 10.6. The molecule has 1 saturated heterocycles. The molecule has 2 heterocycles. The lowest BCUT2D eigenvalue weighted by Gasteiger charge is -2.27. The first-order valence-corrected chi connectivity index (χ1v) is 10.6. The highest BCUT2D eigenvalue weighted by molar-refractivity contribution is 6.00. The molecule has 2 aromatic rings. The van der Waals surface area contributed by atoms with E-state index in [4.69, 9.17) is 0 Å². The molecule has 3 rings (SSSR count). The standard InChI is InChI=1S/C23H30N4O4/c1-23(2,3)12-19(22(31)25-16(13-28)10-15-8-9-24-20(15)29)27-21(30)18-11-14-6-4-5-7-17(14)26-18/h4-7,11,13,15-16,19,26H,8-10,12H2,1-3H3,(H,24,29)(H,25,31)(H,27,30)/t15-,16-,19-/m0/s1. The number of amides is 3. The maximum Gasteiger partial charge on any atom is 0.268 e. The smallest absolute Gasteiger partial charge is 0.268 e. The Morgan fingerprint density at radius 3 is 2.58 bits per heavy atom. The fourth-order valence-corrected chi connectivity index (χ4v) is 3.86. The maximum absolute atomic E-state index is 13.0. The normalized spacial score (nSPS) is 18.3. The second-order valence-corrected chi connectivity index (χ2v) is 9.32. The van der Waals surface area contributed by atoms with Crippen LogP contribution in [0.2, 0.25) is 0 Å². The lowest BCUT2D eigenvalue weighted by Crippen LogP contribution is -2.51. The van der Waals surface area contributed by atoms with E-state index in [1.54, 1.807) is 6.07 Å². The van der Waals surface area contributed by atoms with Crippen molar-refractivity contribution in [2.24, 2.45) is 11.3 Å². The molecule has 0 bridgehead atoms. The largest absolute Gasteiger partial charge is 0.356 e. The van der Waals surface area contributed by atoms with Crippen molar-refractivity contribution >= 4 is 34.9 Å². The fourth-order valence-electron chi connectivity index (χ4n) is 3.86. The van der Waals surface area contributed by atoms with Crippen LogP contribution in [-0.4, -0.2) is 47.6 Å². The number of para-hydroxylation sites is 1. The van der Waals surface area contributed by atoms with Crippen LogP contribution in [0.25, 0.3) is 10.9 Å². The van der Waals surface area contributed by atoms with Crippen LogP contribution >= 0.6 is 0 Å². The molecule has 3 amide bonds. The molecular formula is C23H30N4O4. The van der Waals surface area contributed by atoms with Crippen molar-refractivity contribution in [3.8, 4) is 0 Å². The Balaban J connectivity index is 1.71. The van der Waals surface area contributed by atoms with Gasteiger partial charge in [0.2, 0.25) is 11.8 Å². The number of fused-ring (bicyclic) bond motifs is 1. The van der Waals surface area contributed by atoms with Gasteiger partial charge in [0.05, 0.1) is 6.04 Å². The van der Waals surface area contributed by atoms with Crippen LogP contribution in [0.5, 0.6) is 0 Å². The number of hydrogen-bond acceptors (Lipinski definition) is 4. The van der Waals surface area contributed by atoms with Crippen LogP contribution in [0.4, 0.5) is 0 Å². The van der Waals surface area contributed by atoms with Crippen LogP contribution in [0, 0.1) is 11.3 Å². The number of benzene rings is 1. The van der Waals surface area contributed by atoms with Crippen molar-refractivity contribution in [3.63, 3.8) is 0 Å². The van der Waals surface area contributed by atoms with Gasteiger partial charge < -0.3 is 25.7 Å². The fraction of sp³-hybridized carbons (Fsp3) is 0.478. The summed E-state index contributed by atoms with van der Waals surface area (Å²) in [6.07, 6.45) is 1.93. The average Bonchev–Trinajstić information content (AvgIpc) is 3.32. The van der Waals surface area contributed by atoms with E-state index in [0.717, 1.165) is 10.9 Å². The first-order chi connectivity index (χ1) is 14.7. The number of carbonyl (C=O) groups excluding carboxylic acids is 4. The monoisotopic (exact) mass is 426 g/mol. The molecule has 0 unspecified atom stereocenters. The van der Waals surface area contributed by atoms with Crippen molar-refractivity contribution in [1.29, 1.82) is 0 Å². The van der Waals surface area contributed by atoms with Crippen LogP contribution < -0.4 is 16.0 Å². The molecule has 1 aliphatic heterocycles. The third-order valence-corrected chi connectivity index (χ3v) is 5.41. The minimum absolute atomic E-state index is 0.0977. The predicted molar refractivity (Wildman–Crippen MR) is 117 cm³/mol. The molecule has 0 spiro atoms. The number of hydrogen-bond donors (Lipinski definition) is 4. The Kier molecular flexibility index (Phi) is 6.77. The summed E-state index contributed by atoms with van der Waals surface area (Å²) in [7, 11) is 0. The van der Waals surface area contributed by atoms with Gasteiger partial charge in [-0.1, -0.05) is 39.0 Å². The summed E-state index contributed by atoms with van der Waals surface area (Å²) in [6, 6.07) is 7.67. The SMILES string of the molecule is CC(C)(C)C[C@H](NC(=O)c1cc2ccccc2[nH]1)C(=O)N[C@H](C=O)C[C@@H]1CCNC1=O. The summed E-state index contributed by atoms with van der Waals surface area (Å²) >= 11 is 0. The van der Waals surface area contributed by atoms with Gasteiger partial charge in [0, 0.05) is 23.4 Å². The van der Waals surface area contributed by atoms with Gasteiger partial charge in [0.15, 0.2) is 0 Å². The summed E-state index contributed by atoms with van der Waals surface area (Å²) in [5, 5.41) is 9.15. The molecule has 1 aromatic heterocycles. The lowest BCUT2D eigenvalue weighted by molar-refractivity contribution is -0.127. The summed E-state index contributed by atoms with van der Waals surface area (Å²) in [5.41, 5.74) is 0.959. The summed E-state index contributed by atoms with van der Waals surface area (Å²) in [6.45, 7) is 6.50. The lowest BCUT2D eigenvalue weighted by atomic mass is 9.87. The Morgan fingerprint density at radius 2 is 1.97 bits per heavy atom. The van der Waals surface area contributed by atoms with Gasteiger partial charge >= 0.3 is 0 Å². The van der Waals surface area contributed by atoms with Crippen LogP contribution in [0.1, 0.15) is 50.5 Å². The summed E-state index contributed by atoms with van der Waals surface area (Å²) in [5.74, 6) is -1.22. The Morgan fingerprint density at radius 1 is 1.23 bits per heavy atom. The third-order valence-electron chi connectivity index (χ3n) is 5.41. The predicted octanol–water partition coefficient (Wildman–Crippen LogP) is 1.91. The second-order valence-electron chi connectivity index (χ2n) is 9.32. The number of nitrogens with one attached hydrogen (secondary N) is 4. The van der Waals surface area contributed by atoms with E-state index >= 15 is 0 Å². The van der Waals surface area contributed by atoms with Gasteiger partial charge in [-0.2, -0.15) is 0 Å². The highest BCUT2D eigenvalue weighted by Gasteiger charge is 2.31. The molecule has 0 radical (unpaired) electrons. The van der Waals surface area contributed by atoms with Crippen LogP contribution in [0.3, 0.4) is 0 Å². The van der Waals surface area contributed by atoms with Gasteiger partial charge in [0.25, 0.3) is 5.91 Å². The van der Waals surface area contributed by atoms with E-state index in [2.05, 4.69) is 20.9 Å². The number of aromatic nitrogens is 1. The van der Waals surface area contributed by atoms with E-state index in [1.165, 1.54) is 0 Å². The highest BCUT2D eigenvalue weighted by Crippen LogP contribution is 2.22. The van der Waals surface area contributed by atoms with Crippen molar-refractivity contribution in [2.45, 2.75) is 52.1 Å². The zero-order chi connectivity index (χ0) is 22.6. The van der Waals surface area contributed by atoms with E-state index in [9.17, 15) is 19.2 Å². The zero-order valence-electron chi connectivity index (χ0n) is 18.2. The Hall–Kier alpha value is -3.16.